The molecule has 0 bridgehead atoms. The Balaban J connectivity index is 0.00000240. The standard InChI is InChI=1S/C20H23N3O4S.Na/c1-13-17(21-6-4-18(13)26-8-3-7-25-2)12-28(24)20-22-15-10-14-5-9-27-19(14)11-16(15)23-20;/h4,6,10-11H,3,5,7-9,12H2,1-2H3,(H,22,23);/t28-;/m1./s1. The summed E-state index contributed by atoms with van der Waals surface area (Å²) >= 11 is 0. The summed E-state index contributed by atoms with van der Waals surface area (Å²) in [5.74, 6) is 1.90. The molecule has 1 aliphatic rings. The normalized spacial score (nSPS) is 13.6. The summed E-state index contributed by atoms with van der Waals surface area (Å²) in [6.45, 7) is 3.86. The van der Waals surface area contributed by atoms with E-state index in [0.717, 1.165) is 52.2 Å². The van der Waals surface area contributed by atoms with Crippen LogP contribution >= 0.6 is 0 Å². The van der Waals surface area contributed by atoms with Gasteiger partial charge < -0.3 is 19.2 Å². The number of aromatic amines is 1. The van der Waals surface area contributed by atoms with Gasteiger partial charge in [-0.3, -0.25) is 9.19 Å². The minimum atomic E-state index is -1.34. The van der Waals surface area contributed by atoms with Gasteiger partial charge in [0.05, 0.1) is 46.5 Å². The van der Waals surface area contributed by atoms with Gasteiger partial charge in [0.1, 0.15) is 11.5 Å². The second-order valence-corrected chi connectivity index (χ2v) is 8.05. The molecule has 149 valence electrons. The number of ether oxygens (including phenoxy) is 3. The van der Waals surface area contributed by atoms with E-state index in [-0.39, 0.29) is 35.3 Å². The van der Waals surface area contributed by atoms with Crippen LogP contribution in [0.5, 0.6) is 11.5 Å². The molecule has 0 saturated carbocycles. The number of H-pyrrole nitrogens is 1. The van der Waals surface area contributed by atoms with Crippen molar-refractivity contribution in [3.8, 4) is 11.5 Å². The van der Waals surface area contributed by atoms with Gasteiger partial charge in [-0.2, -0.15) is 0 Å². The first-order chi connectivity index (χ1) is 13.7. The predicted octanol–water partition coefficient (Wildman–Crippen LogP) is 2.54. The first kappa shape index (κ1) is 22.2. The zero-order valence-corrected chi connectivity index (χ0v) is 19.8. The Labute approximate surface area is 194 Å². The minimum absolute atomic E-state index is 0. The van der Waals surface area contributed by atoms with Crippen molar-refractivity contribution in [1.82, 2.24) is 15.0 Å². The van der Waals surface area contributed by atoms with Gasteiger partial charge in [-0.15, -0.1) is 0 Å². The van der Waals surface area contributed by atoms with Crippen LogP contribution in [0.15, 0.2) is 29.6 Å². The number of nitrogens with one attached hydrogen (secondary N) is 1. The number of pyridine rings is 1. The minimum Gasteiger partial charge on any atom is -0.493 e. The van der Waals surface area contributed by atoms with Crippen LogP contribution in [0.1, 0.15) is 23.2 Å². The zero-order valence-electron chi connectivity index (χ0n) is 17.0. The molecule has 0 fully saturated rings. The number of hydrogen-bond acceptors (Lipinski definition) is 6. The molecule has 3 aromatic rings. The topological polar surface area (TPSA) is 86.3 Å². The third-order valence-corrected chi connectivity index (χ3v) is 5.92. The van der Waals surface area contributed by atoms with Crippen molar-refractivity contribution in [2.24, 2.45) is 0 Å². The largest absolute Gasteiger partial charge is 0.493 e. The van der Waals surface area contributed by atoms with Crippen molar-refractivity contribution in [3.63, 3.8) is 0 Å². The van der Waals surface area contributed by atoms with E-state index in [1.807, 2.05) is 25.1 Å². The van der Waals surface area contributed by atoms with E-state index in [4.69, 9.17) is 14.2 Å². The maximum absolute atomic E-state index is 12.9. The molecule has 1 aliphatic heterocycles. The van der Waals surface area contributed by atoms with Crippen LogP contribution < -0.4 is 9.47 Å². The third-order valence-electron chi connectivity index (χ3n) is 4.76. The van der Waals surface area contributed by atoms with Gasteiger partial charge in [0, 0.05) is 73.9 Å². The zero-order chi connectivity index (χ0) is 19.5. The van der Waals surface area contributed by atoms with E-state index in [1.54, 1.807) is 13.3 Å². The number of fused-ring (bicyclic) bond motifs is 2. The van der Waals surface area contributed by atoms with Gasteiger partial charge in [-0.1, -0.05) is 0 Å². The second kappa shape index (κ2) is 10.0. The van der Waals surface area contributed by atoms with Crippen LogP contribution in [-0.2, 0) is 27.7 Å². The van der Waals surface area contributed by atoms with Crippen LogP contribution in [0.25, 0.3) is 11.0 Å². The molecule has 4 rings (SSSR count). The number of hydrogen-bond donors (Lipinski definition) is 1. The van der Waals surface area contributed by atoms with Gasteiger partial charge in [-0.05, 0) is 24.6 Å². The fraction of sp³-hybridized carbons (Fsp3) is 0.400. The number of rotatable bonds is 8. The average molecular weight is 424 g/mol. The van der Waals surface area contributed by atoms with Crippen LogP contribution in [0.4, 0.5) is 0 Å². The molecule has 0 unspecified atom stereocenters. The molecular weight excluding hydrogens is 401 g/mol. The molecule has 2 aromatic heterocycles. The van der Waals surface area contributed by atoms with Crippen LogP contribution in [-0.4, -0.2) is 75.6 Å². The fourth-order valence-corrected chi connectivity index (χ4v) is 4.31. The Hall–Kier alpha value is -1.45. The van der Waals surface area contributed by atoms with Crippen LogP contribution in [0, 0.1) is 6.92 Å². The molecule has 0 spiro atoms. The molecule has 1 atom stereocenters. The van der Waals surface area contributed by atoms with Crippen molar-refractivity contribution in [3.05, 3.63) is 41.2 Å². The van der Waals surface area contributed by atoms with Crippen molar-refractivity contribution in [1.29, 1.82) is 0 Å². The van der Waals surface area contributed by atoms with Crippen molar-refractivity contribution in [2.45, 2.75) is 30.7 Å². The number of imidazole rings is 1. The summed E-state index contributed by atoms with van der Waals surface area (Å²) in [5, 5.41) is 0.450. The molecule has 9 heteroatoms. The molecule has 0 saturated heterocycles. The van der Waals surface area contributed by atoms with Gasteiger partial charge in [0.25, 0.3) is 0 Å². The molecular formula is C20H23N3NaO4S. The monoisotopic (exact) mass is 424 g/mol. The Morgan fingerprint density at radius 1 is 1.31 bits per heavy atom. The van der Waals surface area contributed by atoms with E-state index in [9.17, 15) is 4.21 Å². The second-order valence-electron chi connectivity index (χ2n) is 6.68. The fourth-order valence-electron chi connectivity index (χ4n) is 3.21. The van der Waals surface area contributed by atoms with Crippen LogP contribution in [0.3, 0.4) is 0 Å². The molecule has 7 nitrogen and oxygen atoms in total. The van der Waals surface area contributed by atoms with Crippen molar-refractivity contribution >= 4 is 51.4 Å². The number of nitrogens with zero attached hydrogens (tertiary/aromatic N) is 2. The molecule has 0 aliphatic carbocycles. The average Bonchev–Trinajstić information content (AvgIpc) is 3.31. The summed E-state index contributed by atoms with van der Waals surface area (Å²) in [4.78, 5) is 12.1. The van der Waals surface area contributed by atoms with E-state index in [1.165, 1.54) is 0 Å². The molecule has 1 aromatic carbocycles. The number of benzene rings is 1. The van der Waals surface area contributed by atoms with Crippen molar-refractivity contribution < 1.29 is 18.4 Å². The summed E-state index contributed by atoms with van der Waals surface area (Å²) in [6.07, 6.45) is 3.39. The first-order valence-corrected chi connectivity index (χ1v) is 10.6. The summed E-state index contributed by atoms with van der Waals surface area (Å²) in [7, 11) is 0.333. The molecule has 3 heterocycles. The van der Waals surface area contributed by atoms with E-state index in [2.05, 4.69) is 15.0 Å². The van der Waals surface area contributed by atoms with Gasteiger partial charge in [0.2, 0.25) is 0 Å². The van der Waals surface area contributed by atoms with E-state index in [0.29, 0.717) is 25.0 Å². The summed E-state index contributed by atoms with van der Waals surface area (Å²) in [6, 6.07) is 5.77. The van der Waals surface area contributed by atoms with Crippen molar-refractivity contribution in [2.75, 3.05) is 26.9 Å². The predicted molar refractivity (Wildman–Crippen MR) is 112 cm³/mol. The Morgan fingerprint density at radius 2 is 2.17 bits per heavy atom. The molecule has 1 N–H and O–H groups in total. The Bertz CT molecular complexity index is 983. The molecule has 29 heavy (non-hydrogen) atoms. The van der Waals surface area contributed by atoms with Gasteiger partial charge >= 0.3 is 0 Å². The number of methoxy groups -OCH3 is 1. The van der Waals surface area contributed by atoms with Gasteiger partial charge in [0.15, 0.2) is 5.16 Å². The summed E-state index contributed by atoms with van der Waals surface area (Å²) in [5.41, 5.74) is 4.45. The number of aromatic nitrogens is 3. The van der Waals surface area contributed by atoms with E-state index >= 15 is 0 Å². The summed E-state index contributed by atoms with van der Waals surface area (Å²) < 4.78 is 29.3. The first-order valence-electron chi connectivity index (χ1n) is 9.25. The smallest absolute Gasteiger partial charge is 0.197 e. The Morgan fingerprint density at radius 3 is 3.00 bits per heavy atom. The maximum Gasteiger partial charge on any atom is 0.197 e. The third kappa shape index (κ3) is 5.00. The quantitative estimate of drug-likeness (QED) is 0.442. The molecule has 1 radical (unpaired) electrons. The molecule has 0 amide bonds. The Kier molecular flexibility index (Phi) is 7.70. The van der Waals surface area contributed by atoms with E-state index < -0.39 is 10.8 Å². The van der Waals surface area contributed by atoms with Crippen LogP contribution in [0.2, 0.25) is 0 Å². The SMILES string of the molecule is COCCCOc1ccnc(C[S@@](=O)c2nc3cc4c(cc3[nH]2)CCO4)c1C.[Na]. The van der Waals surface area contributed by atoms with Gasteiger partial charge in [-0.25, -0.2) is 4.98 Å². The maximum atomic E-state index is 12.9.